The molecule has 1 fully saturated rings. The van der Waals surface area contributed by atoms with Gasteiger partial charge in [-0.1, -0.05) is 12.8 Å². The van der Waals surface area contributed by atoms with Crippen LogP contribution in [0.25, 0.3) is 11.0 Å². The summed E-state index contributed by atoms with van der Waals surface area (Å²) in [6.45, 7) is 4.32. The van der Waals surface area contributed by atoms with Crippen molar-refractivity contribution in [1.82, 2.24) is 9.55 Å². The van der Waals surface area contributed by atoms with E-state index in [0.717, 1.165) is 22.6 Å². The number of hydrogen-bond donors (Lipinski definition) is 0. The lowest BCUT2D eigenvalue weighted by molar-refractivity contribution is 0.327. The fourth-order valence-corrected chi connectivity index (χ4v) is 3.54. The molecule has 0 bridgehead atoms. The number of ether oxygens (including phenoxy) is 1. The van der Waals surface area contributed by atoms with Crippen LogP contribution in [-0.2, 0) is 5.54 Å². The van der Waals surface area contributed by atoms with Gasteiger partial charge in [0.15, 0.2) is 0 Å². The zero-order valence-electron chi connectivity index (χ0n) is 12.3. The predicted molar refractivity (Wildman–Crippen MR) is 82.7 cm³/mol. The summed E-state index contributed by atoms with van der Waals surface area (Å²) >= 11 is 6.38. The third kappa shape index (κ3) is 2.08. The average molecular weight is 293 g/mol. The summed E-state index contributed by atoms with van der Waals surface area (Å²) in [5.41, 5.74) is 2.26. The number of methoxy groups -OCH3 is 1. The van der Waals surface area contributed by atoms with E-state index in [2.05, 4.69) is 17.6 Å². The Labute approximate surface area is 124 Å². The van der Waals surface area contributed by atoms with Crippen molar-refractivity contribution in [3.63, 3.8) is 0 Å². The van der Waals surface area contributed by atoms with Gasteiger partial charge in [0.05, 0.1) is 23.5 Å². The Morgan fingerprint density at radius 3 is 2.65 bits per heavy atom. The minimum absolute atomic E-state index is 0.0918. The number of benzene rings is 1. The van der Waals surface area contributed by atoms with Crippen molar-refractivity contribution in [2.75, 3.05) is 7.11 Å². The molecule has 3 nitrogen and oxygen atoms in total. The predicted octanol–water partition coefficient (Wildman–Crippen LogP) is 4.63. The summed E-state index contributed by atoms with van der Waals surface area (Å²) in [5, 5.41) is -0.0918. The van der Waals surface area contributed by atoms with E-state index in [0.29, 0.717) is 0 Å². The molecule has 1 unspecified atom stereocenters. The minimum atomic E-state index is -0.0918. The van der Waals surface area contributed by atoms with Gasteiger partial charge >= 0.3 is 0 Å². The monoisotopic (exact) mass is 292 g/mol. The smallest absolute Gasteiger partial charge is 0.128 e. The second-order valence-corrected chi connectivity index (χ2v) is 6.63. The first kappa shape index (κ1) is 13.7. The topological polar surface area (TPSA) is 27.1 Å². The molecular weight excluding hydrogens is 272 g/mol. The van der Waals surface area contributed by atoms with Gasteiger partial charge in [-0.25, -0.2) is 4.98 Å². The van der Waals surface area contributed by atoms with Crippen molar-refractivity contribution < 1.29 is 4.74 Å². The van der Waals surface area contributed by atoms with Crippen LogP contribution < -0.4 is 4.74 Å². The summed E-state index contributed by atoms with van der Waals surface area (Å²) in [4.78, 5) is 4.75. The molecule has 4 heteroatoms. The normalized spacial score (nSPS) is 19.4. The quantitative estimate of drug-likeness (QED) is 0.771. The van der Waals surface area contributed by atoms with E-state index in [4.69, 9.17) is 21.3 Å². The first-order valence-corrected chi connectivity index (χ1v) is 7.70. The summed E-state index contributed by atoms with van der Waals surface area (Å²) in [7, 11) is 1.70. The Morgan fingerprint density at radius 2 is 2.05 bits per heavy atom. The largest absolute Gasteiger partial charge is 0.497 e. The van der Waals surface area contributed by atoms with Gasteiger partial charge in [0.25, 0.3) is 0 Å². The van der Waals surface area contributed by atoms with Gasteiger partial charge in [-0.15, -0.1) is 11.6 Å². The van der Waals surface area contributed by atoms with Gasteiger partial charge in [-0.3, -0.25) is 0 Å². The van der Waals surface area contributed by atoms with Crippen molar-refractivity contribution in [2.24, 2.45) is 0 Å². The lowest BCUT2D eigenvalue weighted by Gasteiger charge is -2.29. The first-order chi connectivity index (χ1) is 9.55. The minimum Gasteiger partial charge on any atom is -0.497 e. The molecule has 0 saturated heterocycles. The van der Waals surface area contributed by atoms with Crippen LogP contribution in [0.3, 0.4) is 0 Å². The van der Waals surface area contributed by atoms with Crippen LogP contribution in [0.15, 0.2) is 18.2 Å². The molecule has 1 aromatic heterocycles. The number of aromatic nitrogens is 2. The van der Waals surface area contributed by atoms with Crippen molar-refractivity contribution in [2.45, 2.75) is 50.4 Å². The molecule has 0 amide bonds. The molecule has 2 aromatic rings. The number of hydrogen-bond acceptors (Lipinski definition) is 2. The molecule has 1 aromatic carbocycles. The highest BCUT2D eigenvalue weighted by atomic mass is 35.5. The van der Waals surface area contributed by atoms with Gasteiger partial charge in [-0.2, -0.15) is 0 Å². The molecule has 1 aliphatic rings. The van der Waals surface area contributed by atoms with E-state index in [1.54, 1.807) is 7.11 Å². The maximum Gasteiger partial charge on any atom is 0.128 e. The zero-order chi connectivity index (χ0) is 14.3. The molecule has 108 valence electrons. The van der Waals surface area contributed by atoms with Gasteiger partial charge in [-0.05, 0) is 38.8 Å². The number of rotatable bonds is 3. The highest BCUT2D eigenvalue weighted by Crippen LogP contribution is 2.41. The van der Waals surface area contributed by atoms with Crippen LogP contribution in [0, 0.1) is 0 Å². The molecule has 0 spiro atoms. The van der Waals surface area contributed by atoms with E-state index >= 15 is 0 Å². The molecule has 0 N–H and O–H groups in total. The first-order valence-electron chi connectivity index (χ1n) is 7.26. The Balaban J connectivity index is 2.27. The highest BCUT2D eigenvalue weighted by molar-refractivity contribution is 6.20. The Hall–Kier alpha value is -1.22. The van der Waals surface area contributed by atoms with Crippen molar-refractivity contribution in [1.29, 1.82) is 0 Å². The molecule has 20 heavy (non-hydrogen) atoms. The van der Waals surface area contributed by atoms with Crippen LogP contribution >= 0.6 is 11.6 Å². The second kappa shape index (κ2) is 4.96. The fraction of sp³-hybridized carbons (Fsp3) is 0.562. The third-order valence-corrected chi connectivity index (χ3v) is 4.66. The van der Waals surface area contributed by atoms with E-state index < -0.39 is 0 Å². The summed E-state index contributed by atoms with van der Waals surface area (Å²) in [6.07, 6.45) is 4.92. The van der Waals surface area contributed by atoms with E-state index in [1.165, 1.54) is 25.7 Å². The maximum atomic E-state index is 6.38. The third-order valence-electron chi connectivity index (χ3n) is 4.46. The SMILES string of the molecule is COc1ccc2nc(C(C)Cl)n(C3(C)CCCC3)c2c1. The summed E-state index contributed by atoms with van der Waals surface area (Å²) in [6, 6.07) is 6.06. The van der Waals surface area contributed by atoms with Gasteiger partial charge in [0.1, 0.15) is 11.6 Å². The highest BCUT2D eigenvalue weighted by Gasteiger charge is 2.34. The van der Waals surface area contributed by atoms with Crippen LogP contribution in [0.5, 0.6) is 5.75 Å². The van der Waals surface area contributed by atoms with Crippen LogP contribution in [-0.4, -0.2) is 16.7 Å². The zero-order valence-corrected chi connectivity index (χ0v) is 13.1. The molecule has 1 atom stereocenters. The van der Waals surface area contributed by atoms with Crippen molar-refractivity contribution >= 4 is 22.6 Å². The number of alkyl halides is 1. The molecular formula is C16H21ClN2O. The van der Waals surface area contributed by atoms with Crippen LogP contribution in [0.2, 0.25) is 0 Å². The summed E-state index contributed by atoms with van der Waals surface area (Å²) in [5.74, 6) is 1.84. The van der Waals surface area contributed by atoms with Gasteiger partial charge in [0.2, 0.25) is 0 Å². The summed E-state index contributed by atoms with van der Waals surface area (Å²) < 4.78 is 7.73. The van der Waals surface area contributed by atoms with E-state index in [1.807, 2.05) is 19.1 Å². The maximum absolute atomic E-state index is 6.38. The van der Waals surface area contributed by atoms with Crippen molar-refractivity contribution in [3.8, 4) is 5.75 Å². The second-order valence-electron chi connectivity index (χ2n) is 5.98. The molecule has 0 aliphatic heterocycles. The van der Waals surface area contributed by atoms with E-state index in [-0.39, 0.29) is 10.9 Å². The standard InChI is InChI=1S/C16H21ClN2O/c1-11(17)15-18-13-7-6-12(20-3)10-14(13)19(15)16(2)8-4-5-9-16/h6-7,10-11H,4-5,8-9H2,1-3H3. The fourth-order valence-electron chi connectivity index (χ4n) is 3.40. The number of fused-ring (bicyclic) bond motifs is 1. The molecule has 1 heterocycles. The van der Waals surface area contributed by atoms with Gasteiger partial charge in [0, 0.05) is 11.6 Å². The number of halogens is 1. The molecule has 3 rings (SSSR count). The lowest BCUT2D eigenvalue weighted by Crippen LogP contribution is -2.28. The van der Waals surface area contributed by atoms with Crippen LogP contribution in [0.1, 0.15) is 50.7 Å². The molecule has 1 aliphatic carbocycles. The van der Waals surface area contributed by atoms with Crippen LogP contribution in [0.4, 0.5) is 0 Å². The van der Waals surface area contributed by atoms with Gasteiger partial charge < -0.3 is 9.30 Å². The Morgan fingerprint density at radius 1 is 1.35 bits per heavy atom. The molecule has 0 radical (unpaired) electrons. The van der Waals surface area contributed by atoms with Crippen molar-refractivity contribution in [3.05, 3.63) is 24.0 Å². The molecule has 1 saturated carbocycles. The van der Waals surface area contributed by atoms with E-state index in [9.17, 15) is 0 Å². The number of imidazole rings is 1. The Kier molecular flexibility index (Phi) is 3.41. The number of nitrogens with zero attached hydrogens (tertiary/aromatic N) is 2. The average Bonchev–Trinajstić information content (AvgIpc) is 3.02. The Bertz CT molecular complexity index is 627. The lowest BCUT2D eigenvalue weighted by atomic mass is 9.99.